The fourth-order valence-corrected chi connectivity index (χ4v) is 3.77. The number of Topliss-reactive ketones (excluding diaryl/α,β-unsaturated/α-hetero) is 1. The Morgan fingerprint density at radius 1 is 1.25 bits per heavy atom. The molecule has 1 aromatic carbocycles. The SMILES string of the molecule is CC(C)Cc1ccc(SC2CCCCC2=O)cc1.CCOC(C)=O. The maximum Gasteiger partial charge on any atom is 0.302 e. The number of benzene rings is 1. The van der Waals surface area contributed by atoms with E-state index < -0.39 is 0 Å². The van der Waals surface area contributed by atoms with Crippen molar-refractivity contribution in [3.8, 4) is 0 Å². The molecule has 0 bridgehead atoms. The van der Waals surface area contributed by atoms with Gasteiger partial charge in [-0.3, -0.25) is 9.59 Å². The Morgan fingerprint density at radius 2 is 1.92 bits per heavy atom. The van der Waals surface area contributed by atoms with Crippen molar-refractivity contribution in [3.63, 3.8) is 0 Å². The summed E-state index contributed by atoms with van der Waals surface area (Å²) >= 11 is 1.75. The molecule has 1 aliphatic rings. The first kappa shape index (κ1) is 20.8. The highest BCUT2D eigenvalue weighted by atomic mass is 32.2. The summed E-state index contributed by atoms with van der Waals surface area (Å²) in [4.78, 5) is 22.9. The summed E-state index contributed by atoms with van der Waals surface area (Å²) in [5, 5.41) is 0.203. The first-order valence-corrected chi connectivity index (χ1v) is 9.72. The molecule has 0 aromatic heterocycles. The third kappa shape index (κ3) is 8.53. The van der Waals surface area contributed by atoms with Crippen LogP contribution in [0.4, 0.5) is 0 Å². The summed E-state index contributed by atoms with van der Waals surface area (Å²) in [7, 11) is 0. The monoisotopic (exact) mass is 350 g/mol. The molecule has 134 valence electrons. The van der Waals surface area contributed by atoms with Crippen LogP contribution >= 0.6 is 11.8 Å². The quantitative estimate of drug-likeness (QED) is 0.696. The van der Waals surface area contributed by atoms with Crippen LogP contribution in [0.5, 0.6) is 0 Å². The van der Waals surface area contributed by atoms with Gasteiger partial charge >= 0.3 is 5.97 Å². The molecular weight excluding hydrogens is 320 g/mol. The molecule has 0 aliphatic heterocycles. The molecule has 1 fully saturated rings. The van der Waals surface area contributed by atoms with Gasteiger partial charge in [0.2, 0.25) is 0 Å². The second kappa shape index (κ2) is 11.3. The topological polar surface area (TPSA) is 43.4 Å². The van der Waals surface area contributed by atoms with Gasteiger partial charge in [-0.25, -0.2) is 0 Å². The van der Waals surface area contributed by atoms with Crippen LogP contribution in [0, 0.1) is 5.92 Å². The van der Waals surface area contributed by atoms with Crippen LogP contribution in [0.15, 0.2) is 29.2 Å². The number of hydrogen-bond acceptors (Lipinski definition) is 4. The number of ether oxygens (including phenoxy) is 1. The van der Waals surface area contributed by atoms with E-state index in [1.54, 1.807) is 18.7 Å². The van der Waals surface area contributed by atoms with E-state index in [4.69, 9.17) is 0 Å². The number of ketones is 1. The molecule has 2 rings (SSSR count). The van der Waals surface area contributed by atoms with Gasteiger partial charge < -0.3 is 4.74 Å². The number of carbonyl (C=O) groups is 2. The first-order chi connectivity index (χ1) is 11.4. The van der Waals surface area contributed by atoms with Crippen LogP contribution in [0.25, 0.3) is 0 Å². The van der Waals surface area contributed by atoms with E-state index in [1.807, 2.05) is 0 Å². The maximum absolute atomic E-state index is 11.8. The maximum atomic E-state index is 11.8. The summed E-state index contributed by atoms with van der Waals surface area (Å²) in [6.07, 6.45) is 5.26. The Bertz CT molecular complexity index is 508. The molecule has 0 N–H and O–H groups in total. The van der Waals surface area contributed by atoms with Crippen LogP contribution in [0.2, 0.25) is 0 Å². The van der Waals surface area contributed by atoms with Crippen molar-refractivity contribution < 1.29 is 14.3 Å². The largest absolute Gasteiger partial charge is 0.466 e. The third-order valence-corrected chi connectivity index (χ3v) is 5.02. The van der Waals surface area contributed by atoms with E-state index in [2.05, 4.69) is 42.8 Å². The predicted molar refractivity (Wildman–Crippen MR) is 100 cm³/mol. The summed E-state index contributed by atoms with van der Waals surface area (Å²) in [6.45, 7) is 8.13. The number of thioether (sulfide) groups is 1. The van der Waals surface area contributed by atoms with Crippen molar-refractivity contribution in [3.05, 3.63) is 29.8 Å². The molecule has 4 heteroatoms. The molecule has 0 saturated heterocycles. The van der Waals surface area contributed by atoms with Crippen LogP contribution in [-0.4, -0.2) is 23.6 Å². The number of carbonyl (C=O) groups excluding carboxylic acids is 2. The van der Waals surface area contributed by atoms with E-state index >= 15 is 0 Å². The van der Waals surface area contributed by atoms with Gasteiger partial charge in [-0.1, -0.05) is 32.4 Å². The summed E-state index contributed by atoms with van der Waals surface area (Å²) in [5.41, 5.74) is 1.39. The Kier molecular flexibility index (Phi) is 9.77. The van der Waals surface area contributed by atoms with Gasteiger partial charge in [-0.15, -0.1) is 11.8 Å². The van der Waals surface area contributed by atoms with E-state index in [1.165, 1.54) is 23.8 Å². The van der Waals surface area contributed by atoms with Crippen molar-refractivity contribution in [2.45, 2.75) is 69.9 Å². The lowest BCUT2D eigenvalue weighted by Crippen LogP contribution is -2.21. The lowest BCUT2D eigenvalue weighted by atomic mass is 9.99. The Labute approximate surface area is 150 Å². The molecule has 1 saturated carbocycles. The smallest absolute Gasteiger partial charge is 0.302 e. The number of esters is 1. The standard InChI is InChI=1S/C16H22OS.C4H8O2/c1-12(2)11-13-7-9-14(10-8-13)18-16-6-4-3-5-15(16)17;1-3-6-4(2)5/h7-10,12,16H,3-6,11H2,1-2H3;3H2,1-2H3. The van der Waals surface area contributed by atoms with Crippen molar-refractivity contribution >= 4 is 23.5 Å². The molecule has 1 aliphatic carbocycles. The van der Waals surface area contributed by atoms with Crippen LogP contribution in [-0.2, 0) is 20.7 Å². The second-order valence-corrected chi connectivity index (χ2v) is 7.76. The fraction of sp³-hybridized carbons (Fsp3) is 0.600. The summed E-state index contributed by atoms with van der Waals surface area (Å²) in [6, 6.07) is 8.75. The van der Waals surface area contributed by atoms with E-state index in [-0.39, 0.29) is 11.2 Å². The lowest BCUT2D eigenvalue weighted by molar-refractivity contribution is -0.140. The van der Waals surface area contributed by atoms with E-state index in [9.17, 15) is 9.59 Å². The molecule has 0 radical (unpaired) electrons. The van der Waals surface area contributed by atoms with E-state index in [0.717, 1.165) is 25.7 Å². The third-order valence-electron chi connectivity index (χ3n) is 3.69. The molecule has 1 atom stereocenters. The molecule has 1 aromatic rings. The van der Waals surface area contributed by atoms with Crippen LogP contribution in [0.3, 0.4) is 0 Å². The number of rotatable bonds is 5. The van der Waals surface area contributed by atoms with Gasteiger partial charge in [0.25, 0.3) is 0 Å². The molecular formula is C20H30O3S. The van der Waals surface area contributed by atoms with Gasteiger partial charge in [-0.2, -0.15) is 0 Å². The average Bonchev–Trinajstić information content (AvgIpc) is 2.51. The van der Waals surface area contributed by atoms with Gasteiger partial charge in [0.1, 0.15) is 5.78 Å². The minimum absolute atomic E-state index is 0.203. The Hall–Kier alpha value is -1.29. The second-order valence-electron chi connectivity index (χ2n) is 6.49. The summed E-state index contributed by atoms with van der Waals surface area (Å²) in [5.74, 6) is 0.929. The molecule has 3 nitrogen and oxygen atoms in total. The van der Waals surface area contributed by atoms with Gasteiger partial charge in [0, 0.05) is 18.2 Å². The Balaban J connectivity index is 0.000000413. The molecule has 0 heterocycles. The lowest BCUT2D eigenvalue weighted by Gasteiger charge is -2.19. The van der Waals surface area contributed by atoms with Gasteiger partial charge in [-0.05, 0) is 49.8 Å². The summed E-state index contributed by atoms with van der Waals surface area (Å²) < 4.78 is 4.40. The highest BCUT2D eigenvalue weighted by Crippen LogP contribution is 2.31. The zero-order chi connectivity index (χ0) is 17.9. The van der Waals surface area contributed by atoms with Crippen molar-refractivity contribution in [2.75, 3.05) is 6.61 Å². The highest BCUT2D eigenvalue weighted by Gasteiger charge is 2.22. The minimum Gasteiger partial charge on any atom is -0.466 e. The minimum atomic E-state index is -0.211. The zero-order valence-corrected chi connectivity index (χ0v) is 16.2. The molecule has 0 spiro atoms. The van der Waals surface area contributed by atoms with Crippen molar-refractivity contribution in [1.29, 1.82) is 0 Å². The molecule has 1 unspecified atom stereocenters. The zero-order valence-electron chi connectivity index (χ0n) is 15.3. The van der Waals surface area contributed by atoms with Crippen molar-refractivity contribution in [2.24, 2.45) is 5.92 Å². The average molecular weight is 351 g/mol. The normalized spacial score (nSPS) is 17.2. The van der Waals surface area contributed by atoms with E-state index in [0.29, 0.717) is 18.3 Å². The number of hydrogen-bond donors (Lipinski definition) is 0. The predicted octanol–water partition coefficient (Wildman–Crippen LogP) is 5.06. The van der Waals surface area contributed by atoms with Crippen molar-refractivity contribution in [1.82, 2.24) is 0 Å². The van der Waals surface area contributed by atoms with Gasteiger partial charge in [0.05, 0.1) is 11.9 Å². The highest BCUT2D eigenvalue weighted by molar-refractivity contribution is 8.00. The Morgan fingerprint density at radius 3 is 2.38 bits per heavy atom. The first-order valence-electron chi connectivity index (χ1n) is 8.84. The van der Waals surface area contributed by atoms with Crippen LogP contribution in [0.1, 0.15) is 58.9 Å². The van der Waals surface area contributed by atoms with Crippen LogP contribution < -0.4 is 0 Å². The molecule has 0 amide bonds. The molecule has 24 heavy (non-hydrogen) atoms. The van der Waals surface area contributed by atoms with Gasteiger partial charge in [0.15, 0.2) is 0 Å². The fourth-order valence-electron chi connectivity index (χ4n) is 2.62.